The lowest BCUT2D eigenvalue weighted by atomic mass is 9.74. The van der Waals surface area contributed by atoms with Crippen LogP contribution < -0.4 is 14.8 Å². The minimum atomic E-state index is -0.220. The van der Waals surface area contributed by atoms with E-state index in [9.17, 15) is 4.39 Å². The molecule has 1 N–H and O–H groups in total. The summed E-state index contributed by atoms with van der Waals surface area (Å²) in [5.74, 6) is 2.09. The Kier molecular flexibility index (Phi) is 7.74. The van der Waals surface area contributed by atoms with E-state index < -0.39 is 0 Å². The monoisotopic (exact) mass is 429 g/mol. The van der Waals surface area contributed by atoms with Crippen molar-refractivity contribution in [2.24, 2.45) is 4.99 Å². The smallest absolute Gasteiger partial charge is 0.193 e. The summed E-state index contributed by atoms with van der Waals surface area (Å²) in [4.78, 5) is 6.53. The highest BCUT2D eigenvalue weighted by Gasteiger charge is 2.35. The van der Waals surface area contributed by atoms with E-state index in [1.165, 1.54) is 12.1 Å². The predicted molar refractivity (Wildman–Crippen MR) is 121 cm³/mol. The summed E-state index contributed by atoms with van der Waals surface area (Å²) in [5, 5.41) is 3.53. The number of ether oxygens (including phenoxy) is 3. The largest absolute Gasteiger partial charge is 0.497 e. The Balaban J connectivity index is 1.73. The van der Waals surface area contributed by atoms with Crippen molar-refractivity contribution in [1.29, 1.82) is 0 Å². The molecule has 2 aromatic rings. The van der Waals surface area contributed by atoms with Crippen molar-refractivity contribution in [3.05, 3.63) is 59.4 Å². The van der Waals surface area contributed by atoms with E-state index in [0.717, 1.165) is 41.4 Å². The van der Waals surface area contributed by atoms with Crippen LogP contribution in [0, 0.1) is 5.82 Å². The topological polar surface area (TPSA) is 55.3 Å². The summed E-state index contributed by atoms with van der Waals surface area (Å²) in [6, 6.07) is 12.6. The van der Waals surface area contributed by atoms with Gasteiger partial charge in [0.1, 0.15) is 17.3 Å². The van der Waals surface area contributed by atoms with Crippen molar-refractivity contribution in [2.45, 2.75) is 24.8 Å². The van der Waals surface area contributed by atoms with Gasteiger partial charge in [-0.15, -0.1) is 0 Å². The molecule has 0 atom stereocenters. The molecular formula is C24H32FN3O3. The van der Waals surface area contributed by atoms with Crippen molar-refractivity contribution in [3.63, 3.8) is 0 Å². The number of halogens is 1. The van der Waals surface area contributed by atoms with Crippen LogP contribution in [-0.2, 0) is 16.7 Å². The first kappa shape index (κ1) is 22.9. The van der Waals surface area contributed by atoms with Gasteiger partial charge < -0.3 is 24.4 Å². The minimum absolute atomic E-state index is 0.124. The second kappa shape index (κ2) is 10.5. The average Bonchev–Trinajstić information content (AvgIpc) is 2.80. The third-order valence-corrected chi connectivity index (χ3v) is 5.97. The van der Waals surface area contributed by atoms with Crippen LogP contribution in [0.2, 0.25) is 0 Å². The average molecular weight is 430 g/mol. The number of methoxy groups -OCH3 is 2. The Hall–Kier alpha value is -2.80. The molecule has 2 aromatic carbocycles. The lowest BCUT2D eigenvalue weighted by molar-refractivity contribution is 0.0512. The minimum Gasteiger partial charge on any atom is -0.497 e. The van der Waals surface area contributed by atoms with Gasteiger partial charge in [-0.1, -0.05) is 12.1 Å². The highest BCUT2D eigenvalue weighted by atomic mass is 19.1. The van der Waals surface area contributed by atoms with Gasteiger partial charge in [0.2, 0.25) is 0 Å². The van der Waals surface area contributed by atoms with E-state index in [-0.39, 0.29) is 11.2 Å². The number of rotatable bonds is 7. The number of nitrogens with one attached hydrogen (secondary N) is 1. The van der Waals surface area contributed by atoms with Crippen LogP contribution in [0.1, 0.15) is 24.0 Å². The van der Waals surface area contributed by atoms with Gasteiger partial charge in [-0.25, -0.2) is 4.39 Å². The molecule has 1 aliphatic rings. The van der Waals surface area contributed by atoms with Crippen LogP contribution in [0.5, 0.6) is 11.5 Å². The van der Waals surface area contributed by atoms with Crippen LogP contribution in [-0.4, -0.2) is 58.9 Å². The van der Waals surface area contributed by atoms with E-state index in [4.69, 9.17) is 14.2 Å². The Bertz CT molecular complexity index is 880. The van der Waals surface area contributed by atoms with Gasteiger partial charge >= 0.3 is 0 Å². The summed E-state index contributed by atoms with van der Waals surface area (Å²) < 4.78 is 29.9. The number of benzene rings is 2. The SMILES string of the molecule is CN=C(NCC1(c2ccc(F)cc2)CCOCC1)N(C)Cc1ccc(OC)cc1OC. The van der Waals surface area contributed by atoms with Crippen molar-refractivity contribution >= 4 is 5.96 Å². The first-order valence-corrected chi connectivity index (χ1v) is 10.5. The quantitative estimate of drug-likeness (QED) is 0.538. The lowest BCUT2D eigenvalue weighted by Gasteiger charge is -2.39. The molecule has 3 rings (SSSR count). The molecule has 1 saturated heterocycles. The summed E-state index contributed by atoms with van der Waals surface area (Å²) in [6.45, 7) is 2.70. The second-order valence-electron chi connectivity index (χ2n) is 7.83. The molecule has 1 aliphatic heterocycles. The Labute approximate surface area is 184 Å². The molecule has 1 heterocycles. The van der Waals surface area contributed by atoms with Gasteiger partial charge in [-0.05, 0) is 42.7 Å². The van der Waals surface area contributed by atoms with E-state index in [1.54, 1.807) is 21.3 Å². The molecule has 0 amide bonds. The molecule has 0 unspecified atom stereocenters. The standard InChI is InChI=1S/C24H32FN3O3/c1-26-23(28(2)16-18-5-10-21(29-3)15-22(18)30-4)27-17-24(11-13-31-14-12-24)19-6-8-20(25)9-7-19/h5-10,15H,11-14,16-17H2,1-4H3,(H,26,27). The van der Waals surface area contributed by atoms with E-state index in [1.807, 2.05) is 37.4 Å². The number of hydrogen-bond donors (Lipinski definition) is 1. The number of nitrogens with zero attached hydrogens (tertiary/aromatic N) is 2. The maximum absolute atomic E-state index is 13.5. The zero-order valence-corrected chi connectivity index (χ0v) is 18.8. The van der Waals surface area contributed by atoms with Crippen LogP contribution in [0.4, 0.5) is 4.39 Å². The van der Waals surface area contributed by atoms with Crippen molar-refractivity contribution in [1.82, 2.24) is 10.2 Å². The predicted octanol–water partition coefficient (Wildman–Crippen LogP) is 3.60. The fourth-order valence-corrected chi connectivity index (χ4v) is 4.08. The maximum atomic E-state index is 13.5. The van der Waals surface area contributed by atoms with E-state index in [2.05, 4.69) is 15.2 Å². The van der Waals surface area contributed by atoms with Crippen LogP contribution in [0.3, 0.4) is 0 Å². The Morgan fingerprint density at radius 2 is 1.84 bits per heavy atom. The third-order valence-electron chi connectivity index (χ3n) is 5.97. The first-order valence-electron chi connectivity index (χ1n) is 10.5. The van der Waals surface area contributed by atoms with Gasteiger partial charge in [0.25, 0.3) is 0 Å². The molecular weight excluding hydrogens is 397 g/mol. The summed E-state index contributed by atoms with van der Waals surface area (Å²) in [6.07, 6.45) is 1.75. The third kappa shape index (κ3) is 5.47. The molecule has 0 radical (unpaired) electrons. The Morgan fingerprint density at radius 1 is 1.13 bits per heavy atom. The molecule has 0 aromatic heterocycles. The second-order valence-corrected chi connectivity index (χ2v) is 7.83. The molecule has 0 spiro atoms. The Morgan fingerprint density at radius 3 is 2.45 bits per heavy atom. The molecule has 0 saturated carbocycles. The van der Waals surface area contributed by atoms with Crippen LogP contribution >= 0.6 is 0 Å². The molecule has 7 heteroatoms. The maximum Gasteiger partial charge on any atom is 0.193 e. The highest BCUT2D eigenvalue weighted by molar-refractivity contribution is 5.79. The summed E-state index contributed by atoms with van der Waals surface area (Å²) in [5.41, 5.74) is 2.04. The molecule has 1 fully saturated rings. The van der Waals surface area contributed by atoms with Crippen molar-refractivity contribution in [3.8, 4) is 11.5 Å². The van der Waals surface area contributed by atoms with Gasteiger partial charge in [0.15, 0.2) is 5.96 Å². The normalized spacial score (nSPS) is 16.0. The van der Waals surface area contributed by atoms with Gasteiger partial charge in [-0.3, -0.25) is 4.99 Å². The first-order chi connectivity index (χ1) is 15.0. The van der Waals surface area contributed by atoms with Crippen LogP contribution in [0.15, 0.2) is 47.5 Å². The fourth-order valence-electron chi connectivity index (χ4n) is 4.08. The molecule has 6 nitrogen and oxygen atoms in total. The number of guanidine groups is 1. The van der Waals surface area contributed by atoms with Gasteiger partial charge in [0.05, 0.1) is 14.2 Å². The van der Waals surface area contributed by atoms with Crippen LogP contribution in [0.25, 0.3) is 0 Å². The molecule has 0 aliphatic carbocycles. The molecule has 0 bridgehead atoms. The van der Waals surface area contributed by atoms with E-state index in [0.29, 0.717) is 26.3 Å². The zero-order valence-electron chi connectivity index (χ0n) is 18.8. The zero-order chi connectivity index (χ0) is 22.3. The number of hydrogen-bond acceptors (Lipinski definition) is 4. The van der Waals surface area contributed by atoms with Gasteiger partial charge in [0, 0.05) is 57.4 Å². The van der Waals surface area contributed by atoms with Gasteiger partial charge in [-0.2, -0.15) is 0 Å². The molecule has 31 heavy (non-hydrogen) atoms. The summed E-state index contributed by atoms with van der Waals surface area (Å²) in [7, 11) is 7.06. The van der Waals surface area contributed by atoms with Crippen molar-refractivity contribution in [2.75, 3.05) is 48.1 Å². The van der Waals surface area contributed by atoms with Crippen molar-refractivity contribution < 1.29 is 18.6 Å². The highest BCUT2D eigenvalue weighted by Crippen LogP contribution is 2.34. The molecule has 168 valence electrons. The fraction of sp³-hybridized carbons (Fsp3) is 0.458. The lowest BCUT2D eigenvalue weighted by Crippen LogP contribution is -2.48. The van der Waals surface area contributed by atoms with E-state index >= 15 is 0 Å². The summed E-state index contributed by atoms with van der Waals surface area (Å²) >= 11 is 0. The number of aliphatic imine (C=N–C) groups is 1.